The largest absolute Gasteiger partial charge is 0.483 e. The molecule has 3 heterocycles. The van der Waals surface area contributed by atoms with Gasteiger partial charge >= 0.3 is 5.97 Å². The van der Waals surface area contributed by atoms with Crippen LogP contribution in [0.5, 0.6) is 0 Å². The van der Waals surface area contributed by atoms with E-state index in [2.05, 4.69) is 0 Å². The van der Waals surface area contributed by atoms with Crippen LogP contribution in [0, 0.1) is 11.3 Å². The second kappa shape index (κ2) is 8.80. The van der Waals surface area contributed by atoms with Gasteiger partial charge in [0.25, 0.3) is 10.0 Å². The van der Waals surface area contributed by atoms with Crippen LogP contribution in [0.25, 0.3) is 0 Å². The zero-order chi connectivity index (χ0) is 25.8. The fourth-order valence-electron chi connectivity index (χ4n) is 5.33. The van der Waals surface area contributed by atoms with Crippen molar-refractivity contribution in [3.05, 3.63) is 57.4 Å². The lowest BCUT2D eigenvalue weighted by atomic mass is 9.76. The van der Waals surface area contributed by atoms with Gasteiger partial charge in [0.05, 0.1) is 10.8 Å². The molecule has 0 radical (unpaired) electrons. The average Bonchev–Trinajstić information content (AvgIpc) is 3.01. The van der Waals surface area contributed by atoms with Crippen LogP contribution in [0.4, 0.5) is 5.82 Å². The third kappa shape index (κ3) is 4.41. The highest BCUT2D eigenvalue weighted by molar-refractivity contribution is 7.96. The van der Waals surface area contributed by atoms with Gasteiger partial charge in [-0.25, -0.2) is 17.7 Å². The molecule has 3 aliphatic rings. The van der Waals surface area contributed by atoms with Crippen molar-refractivity contribution in [3.63, 3.8) is 0 Å². The van der Waals surface area contributed by atoms with Gasteiger partial charge in [-0.1, -0.05) is 26.8 Å². The zero-order valence-electron chi connectivity index (χ0n) is 21.5. The second-order valence-corrected chi connectivity index (χ2v) is 12.7. The normalized spacial score (nSPS) is 21.5. The number of ether oxygens (including phenoxy) is 1. The Bertz CT molecular complexity index is 1250. The smallest absolute Gasteiger partial charge is 0.306 e. The molecule has 0 bridgehead atoms. The first-order valence-corrected chi connectivity index (χ1v) is 13.8. The van der Waals surface area contributed by atoms with Gasteiger partial charge < -0.3 is 9.84 Å². The van der Waals surface area contributed by atoms with Gasteiger partial charge in [0, 0.05) is 23.2 Å². The SMILES string of the molecule is CC1=C2C(=CC=C(S(=O)(=O)N3CCCc4ccc(CCCC(C)C(=O)O)nc43)C2(C)C)OC1(C)C. The molecule has 4 rings (SSSR count). The molecular formula is C27H36N2O5S. The van der Waals surface area contributed by atoms with Gasteiger partial charge in [-0.2, -0.15) is 0 Å². The highest BCUT2D eigenvalue weighted by Crippen LogP contribution is 2.53. The van der Waals surface area contributed by atoms with Crippen molar-refractivity contribution in [1.82, 2.24) is 4.98 Å². The van der Waals surface area contributed by atoms with Crippen molar-refractivity contribution in [2.24, 2.45) is 11.3 Å². The Morgan fingerprint density at radius 1 is 1.23 bits per heavy atom. The Balaban J connectivity index is 1.67. The number of allylic oxidation sites excluding steroid dienone is 4. The van der Waals surface area contributed by atoms with E-state index in [0.717, 1.165) is 41.0 Å². The van der Waals surface area contributed by atoms with Gasteiger partial charge in [0.2, 0.25) is 0 Å². The Kier molecular flexibility index (Phi) is 6.41. The van der Waals surface area contributed by atoms with Crippen molar-refractivity contribution in [3.8, 4) is 0 Å². The average molecular weight is 501 g/mol. The maximum absolute atomic E-state index is 14.1. The molecular weight excluding hydrogens is 464 g/mol. The standard InChI is InChI=1S/C27H36N2O5S/c1-17(25(30)31)9-7-11-20-13-12-19-10-8-16-29(24(19)28-20)35(32,33)22-15-14-21-23(26(22,3)4)18(2)27(5,6)34-21/h12-15,17H,7-11,16H2,1-6H3,(H,30,31). The molecule has 0 saturated heterocycles. The number of nitrogens with zero attached hydrogens (tertiary/aromatic N) is 2. The van der Waals surface area contributed by atoms with E-state index in [1.165, 1.54) is 4.31 Å². The number of fused-ring (bicyclic) bond motifs is 2. The minimum atomic E-state index is -3.85. The quantitative estimate of drug-likeness (QED) is 0.557. The Morgan fingerprint density at radius 2 is 1.94 bits per heavy atom. The molecule has 1 atom stereocenters. The van der Waals surface area contributed by atoms with Gasteiger partial charge in [0.1, 0.15) is 17.2 Å². The van der Waals surface area contributed by atoms with Crippen LogP contribution >= 0.6 is 0 Å². The summed E-state index contributed by atoms with van der Waals surface area (Å²) in [6, 6.07) is 3.91. The van der Waals surface area contributed by atoms with E-state index in [1.807, 2.05) is 46.8 Å². The third-order valence-corrected chi connectivity index (χ3v) is 9.77. The first kappa shape index (κ1) is 25.5. The van der Waals surface area contributed by atoms with Gasteiger partial charge in [-0.15, -0.1) is 0 Å². The number of carbonyl (C=O) groups is 1. The molecule has 0 amide bonds. The lowest BCUT2D eigenvalue weighted by Gasteiger charge is -2.37. The zero-order valence-corrected chi connectivity index (χ0v) is 22.3. The van der Waals surface area contributed by atoms with Crippen molar-refractivity contribution >= 4 is 21.8 Å². The van der Waals surface area contributed by atoms with E-state index in [-0.39, 0.29) is 0 Å². The Morgan fingerprint density at radius 3 is 2.63 bits per heavy atom. The van der Waals surface area contributed by atoms with E-state index >= 15 is 0 Å². The number of pyridine rings is 1. The predicted octanol–water partition coefficient (Wildman–Crippen LogP) is 5.14. The third-order valence-electron chi connectivity index (χ3n) is 7.63. The minimum Gasteiger partial charge on any atom is -0.483 e. The number of anilines is 1. The molecule has 0 fully saturated rings. The molecule has 7 nitrogen and oxygen atoms in total. The Hall–Kier alpha value is -2.61. The van der Waals surface area contributed by atoms with Crippen LogP contribution in [0.1, 0.15) is 72.1 Å². The van der Waals surface area contributed by atoms with Crippen molar-refractivity contribution in [2.75, 3.05) is 10.8 Å². The van der Waals surface area contributed by atoms with E-state index in [1.54, 1.807) is 19.1 Å². The Labute approximate surface area is 208 Å². The molecule has 1 N–H and O–H groups in total. The van der Waals surface area contributed by atoms with E-state index in [4.69, 9.17) is 14.8 Å². The van der Waals surface area contributed by atoms with Crippen LogP contribution in [0.3, 0.4) is 0 Å². The second-order valence-electron chi connectivity index (χ2n) is 10.9. The number of sulfonamides is 1. The summed E-state index contributed by atoms with van der Waals surface area (Å²) in [5.74, 6) is 0.0274. The van der Waals surface area contributed by atoms with Crippen LogP contribution in [-0.2, 0) is 32.4 Å². The molecule has 1 aromatic heterocycles. The highest BCUT2D eigenvalue weighted by atomic mass is 32.2. The van der Waals surface area contributed by atoms with Crippen LogP contribution in [0.15, 0.2) is 46.1 Å². The predicted molar refractivity (Wildman–Crippen MR) is 136 cm³/mol. The lowest BCUT2D eigenvalue weighted by Crippen LogP contribution is -2.41. The number of aromatic nitrogens is 1. The van der Waals surface area contributed by atoms with Crippen molar-refractivity contribution in [1.29, 1.82) is 0 Å². The van der Waals surface area contributed by atoms with Crippen LogP contribution in [-0.4, -0.2) is 36.6 Å². The lowest BCUT2D eigenvalue weighted by molar-refractivity contribution is -0.141. The van der Waals surface area contributed by atoms with Gasteiger partial charge in [-0.05, 0) is 82.2 Å². The molecule has 8 heteroatoms. The minimum absolute atomic E-state index is 0.347. The number of carboxylic acids is 1. The first-order chi connectivity index (χ1) is 16.3. The molecule has 35 heavy (non-hydrogen) atoms. The van der Waals surface area contributed by atoms with Crippen LogP contribution in [0.2, 0.25) is 0 Å². The monoisotopic (exact) mass is 500 g/mol. The fourth-order valence-corrected chi connectivity index (χ4v) is 7.30. The number of aryl methyl sites for hydroxylation is 2. The number of hydrogen-bond donors (Lipinski definition) is 1. The van der Waals surface area contributed by atoms with E-state index < -0.39 is 32.9 Å². The molecule has 1 aromatic rings. The highest BCUT2D eigenvalue weighted by Gasteiger charge is 2.49. The summed E-state index contributed by atoms with van der Waals surface area (Å²) in [6.07, 6.45) is 6.83. The van der Waals surface area contributed by atoms with Crippen molar-refractivity contribution < 1.29 is 23.1 Å². The van der Waals surface area contributed by atoms with Crippen molar-refractivity contribution in [2.45, 2.75) is 79.2 Å². The van der Waals surface area contributed by atoms with Crippen LogP contribution < -0.4 is 4.31 Å². The summed E-state index contributed by atoms with van der Waals surface area (Å²) >= 11 is 0. The molecule has 1 aliphatic carbocycles. The molecule has 2 aliphatic heterocycles. The number of hydrogen-bond acceptors (Lipinski definition) is 5. The summed E-state index contributed by atoms with van der Waals surface area (Å²) in [5, 5.41) is 9.12. The van der Waals surface area contributed by atoms with Gasteiger partial charge in [0.15, 0.2) is 0 Å². The summed E-state index contributed by atoms with van der Waals surface area (Å²) in [7, 11) is -3.85. The van der Waals surface area contributed by atoms with E-state index in [0.29, 0.717) is 36.5 Å². The fraction of sp³-hybridized carbons (Fsp3) is 0.556. The summed E-state index contributed by atoms with van der Waals surface area (Å²) in [5.41, 5.74) is 2.47. The number of aliphatic carboxylic acids is 1. The first-order valence-electron chi connectivity index (χ1n) is 12.3. The number of carboxylic acid groups (broad SMARTS) is 1. The topological polar surface area (TPSA) is 96.8 Å². The molecule has 1 unspecified atom stereocenters. The maximum Gasteiger partial charge on any atom is 0.306 e. The summed E-state index contributed by atoms with van der Waals surface area (Å²) in [6.45, 7) is 12.0. The molecule has 0 aromatic carbocycles. The molecule has 190 valence electrons. The van der Waals surface area contributed by atoms with Gasteiger partial charge in [-0.3, -0.25) is 4.79 Å². The molecule has 0 saturated carbocycles. The summed E-state index contributed by atoms with van der Waals surface area (Å²) < 4.78 is 35.9. The summed E-state index contributed by atoms with van der Waals surface area (Å²) in [4.78, 5) is 16.2. The van der Waals surface area contributed by atoms with E-state index in [9.17, 15) is 13.2 Å². The maximum atomic E-state index is 14.1. The number of rotatable bonds is 7. The molecule has 0 spiro atoms.